The fourth-order valence-electron chi connectivity index (χ4n) is 5.58. The quantitative estimate of drug-likeness (QED) is 0.406. The molecule has 3 aromatic heterocycles. The molecule has 0 N–H and O–H groups in total. The minimum absolute atomic E-state index is 0.111. The molecule has 36 heavy (non-hydrogen) atoms. The van der Waals surface area contributed by atoms with Crippen molar-refractivity contribution < 1.29 is 9.13 Å². The van der Waals surface area contributed by atoms with Crippen LogP contribution in [0.4, 0.5) is 4.39 Å². The lowest BCUT2D eigenvalue weighted by Gasteiger charge is -2.28. The third-order valence-corrected chi connectivity index (χ3v) is 8.23. The lowest BCUT2D eigenvalue weighted by molar-refractivity contribution is -0.00241. The Morgan fingerprint density at radius 1 is 1.19 bits per heavy atom. The zero-order valence-electron chi connectivity index (χ0n) is 19.9. The van der Waals surface area contributed by atoms with Crippen LogP contribution in [0.2, 0.25) is 5.02 Å². The summed E-state index contributed by atoms with van der Waals surface area (Å²) >= 11 is 6.01. The van der Waals surface area contributed by atoms with Crippen molar-refractivity contribution in [3.8, 4) is 11.3 Å². The highest BCUT2D eigenvalue weighted by Gasteiger charge is 2.63. The highest BCUT2D eigenvalue weighted by atomic mass is 35.5. The summed E-state index contributed by atoms with van der Waals surface area (Å²) in [6.45, 7) is 2.28. The first-order valence-corrected chi connectivity index (χ1v) is 12.6. The molecule has 2 saturated carbocycles. The summed E-state index contributed by atoms with van der Waals surface area (Å²) in [4.78, 5) is 27.5. The van der Waals surface area contributed by atoms with E-state index in [1.54, 1.807) is 26.1 Å². The van der Waals surface area contributed by atoms with Gasteiger partial charge >= 0.3 is 0 Å². The van der Waals surface area contributed by atoms with Crippen molar-refractivity contribution in [1.29, 1.82) is 0 Å². The first-order valence-electron chi connectivity index (χ1n) is 12.2. The number of hydrogen-bond donors (Lipinski definition) is 0. The van der Waals surface area contributed by atoms with E-state index >= 15 is 4.39 Å². The SMILES string of the molecule is Cc1nc2c(-c3ccc(Cl)cc3F)nc([C@]34CCO[C@H](c5cnn(C6CC6)c5)[C@H]3C4)nc2c(=O)n1C. The molecule has 1 aliphatic heterocycles. The Morgan fingerprint density at radius 3 is 2.81 bits per heavy atom. The van der Waals surface area contributed by atoms with Crippen molar-refractivity contribution in [2.75, 3.05) is 6.61 Å². The van der Waals surface area contributed by atoms with Crippen LogP contribution in [-0.2, 0) is 17.2 Å². The molecule has 8 nitrogen and oxygen atoms in total. The lowest BCUT2D eigenvalue weighted by Crippen LogP contribution is -2.28. The van der Waals surface area contributed by atoms with E-state index < -0.39 is 5.82 Å². The number of halogens is 2. The lowest BCUT2D eigenvalue weighted by atomic mass is 9.91. The second kappa shape index (κ2) is 7.66. The van der Waals surface area contributed by atoms with Gasteiger partial charge in [0.15, 0.2) is 5.52 Å². The Morgan fingerprint density at radius 2 is 2.03 bits per heavy atom. The fraction of sp³-hybridized carbons (Fsp3) is 0.423. The molecule has 4 heterocycles. The van der Waals surface area contributed by atoms with Crippen molar-refractivity contribution in [1.82, 2.24) is 29.3 Å². The van der Waals surface area contributed by atoms with Gasteiger partial charge < -0.3 is 4.74 Å². The third-order valence-electron chi connectivity index (χ3n) is 8.00. The Balaban J connectivity index is 1.38. The van der Waals surface area contributed by atoms with E-state index in [4.69, 9.17) is 26.3 Å². The number of nitrogens with zero attached hydrogens (tertiary/aromatic N) is 6. The number of hydrogen-bond acceptors (Lipinski definition) is 6. The summed E-state index contributed by atoms with van der Waals surface area (Å²) in [6, 6.07) is 4.94. The first-order chi connectivity index (χ1) is 17.4. The number of rotatable bonds is 4. The highest BCUT2D eigenvalue weighted by Crippen LogP contribution is 2.64. The van der Waals surface area contributed by atoms with Gasteiger partial charge in [-0.25, -0.2) is 19.3 Å². The maximum atomic E-state index is 15.1. The molecular formula is C26H24ClFN6O2. The smallest absolute Gasteiger partial charge is 0.279 e. The average molecular weight is 507 g/mol. The molecule has 0 spiro atoms. The molecule has 1 saturated heterocycles. The summed E-state index contributed by atoms with van der Waals surface area (Å²) in [5, 5.41) is 4.83. The van der Waals surface area contributed by atoms with Crippen molar-refractivity contribution in [2.45, 2.75) is 50.2 Å². The monoisotopic (exact) mass is 506 g/mol. The van der Waals surface area contributed by atoms with Gasteiger partial charge in [-0.05, 0) is 50.8 Å². The fourth-order valence-corrected chi connectivity index (χ4v) is 5.74. The van der Waals surface area contributed by atoms with Crippen LogP contribution >= 0.6 is 11.6 Å². The van der Waals surface area contributed by atoms with Crippen molar-refractivity contribution in [3.05, 3.63) is 69.0 Å². The largest absolute Gasteiger partial charge is 0.373 e. The molecule has 0 bridgehead atoms. The molecule has 10 heteroatoms. The summed E-state index contributed by atoms with van der Waals surface area (Å²) in [6.07, 6.45) is 7.78. The second-order valence-corrected chi connectivity index (χ2v) is 10.7. The molecule has 3 fully saturated rings. The Bertz CT molecular complexity index is 1610. The maximum Gasteiger partial charge on any atom is 0.279 e. The van der Waals surface area contributed by atoms with E-state index in [0.717, 1.165) is 31.2 Å². The van der Waals surface area contributed by atoms with Gasteiger partial charge in [0, 0.05) is 47.3 Å². The topological polar surface area (TPSA) is 87.7 Å². The predicted molar refractivity (Wildman–Crippen MR) is 131 cm³/mol. The summed E-state index contributed by atoms with van der Waals surface area (Å²) in [5.74, 6) is 0.692. The zero-order valence-corrected chi connectivity index (χ0v) is 20.7. The Kier molecular flexibility index (Phi) is 4.70. The maximum absolute atomic E-state index is 15.1. The summed E-state index contributed by atoms with van der Waals surface area (Å²) in [7, 11) is 1.66. The van der Waals surface area contributed by atoms with Crippen LogP contribution in [0.3, 0.4) is 0 Å². The second-order valence-electron chi connectivity index (χ2n) is 10.2. The minimum atomic E-state index is -0.518. The molecule has 1 aromatic carbocycles. The summed E-state index contributed by atoms with van der Waals surface area (Å²) in [5.41, 5.74) is 1.49. The van der Waals surface area contributed by atoms with E-state index in [0.29, 0.717) is 35.5 Å². The van der Waals surface area contributed by atoms with Crippen molar-refractivity contribution >= 4 is 22.6 Å². The number of aryl methyl sites for hydroxylation is 1. The minimum Gasteiger partial charge on any atom is -0.373 e. The van der Waals surface area contributed by atoms with E-state index in [9.17, 15) is 4.79 Å². The molecular weight excluding hydrogens is 483 g/mol. The van der Waals surface area contributed by atoms with Gasteiger partial charge in [0.1, 0.15) is 28.7 Å². The molecule has 2 aliphatic carbocycles. The van der Waals surface area contributed by atoms with E-state index in [1.807, 2.05) is 10.9 Å². The van der Waals surface area contributed by atoms with Crippen molar-refractivity contribution in [3.63, 3.8) is 0 Å². The highest BCUT2D eigenvalue weighted by molar-refractivity contribution is 6.30. The van der Waals surface area contributed by atoms with Gasteiger partial charge in [-0.15, -0.1) is 0 Å². The Hall–Kier alpha value is -3.17. The van der Waals surface area contributed by atoms with Crippen LogP contribution in [0.15, 0.2) is 35.4 Å². The number of fused-ring (bicyclic) bond motifs is 2. The van der Waals surface area contributed by atoms with Crippen LogP contribution in [0.5, 0.6) is 0 Å². The molecule has 184 valence electrons. The molecule has 3 atom stereocenters. The zero-order chi connectivity index (χ0) is 24.8. The van der Waals surface area contributed by atoms with Gasteiger partial charge in [-0.2, -0.15) is 5.10 Å². The Labute approximate surface area is 211 Å². The van der Waals surface area contributed by atoms with E-state index in [1.165, 1.54) is 10.6 Å². The standard InChI is InChI=1S/C26H24ClFN6O2/c1-13-30-21-20(17-6-3-15(27)9-19(17)28)31-25(32-22(21)24(35)33(13)2)26-7-8-36-23(18(26)10-26)14-11-29-34(12-14)16-4-5-16/h3,6,9,11-12,16,18,23H,4-5,7-8,10H2,1-2H3/t18-,23-,26+/m1/s1. The van der Waals surface area contributed by atoms with Crippen LogP contribution in [-0.4, -0.2) is 35.9 Å². The molecule has 3 aliphatic rings. The number of aromatic nitrogens is 6. The molecule has 0 amide bonds. The normalized spacial score (nSPS) is 25.2. The van der Waals surface area contributed by atoms with Gasteiger partial charge in [-0.3, -0.25) is 14.0 Å². The van der Waals surface area contributed by atoms with E-state index in [-0.39, 0.29) is 39.1 Å². The number of benzene rings is 1. The van der Waals surface area contributed by atoms with Gasteiger partial charge in [0.25, 0.3) is 5.56 Å². The molecule has 7 rings (SSSR count). The van der Waals surface area contributed by atoms with Crippen LogP contribution in [0.25, 0.3) is 22.3 Å². The third kappa shape index (κ3) is 3.25. The van der Waals surface area contributed by atoms with Gasteiger partial charge in [0.2, 0.25) is 0 Å². The number of ether oxygens (including phenoxy) is 1. The van der Waals surface area contributed by atoms with Crippen LogP contribution in [0.1, 0.15) is 55.0 Å². The molecule has 0 radical (unpaired) electrons. The van der Waals surface area contributed by atoms with Crippen LogP contribution in [0, 0.1) is 18.7 Å². The van der Waals surface area contributed by atoms with Crippen LogP contribution < -0.4 is 5.56 Å². The van der Waals surface area contributed by atoms with Crippen molar-refractivity contribution in [2.24, 2.45) is 13.0 Å². The average Bonchev–Trinajstić information content (AvgIpc) is 3.79. The molecule has 4 aromatic rings. The van der Waals surface area contributed by atoms with E-state index in [2.05, 4.69) is 16.3 Å². The summed E-state index contributed by atoms with van der Waals surface area (Å²) < 4.78 is 24.8. The predicted octanol–water partition coefficient (Wildman–Crippen LogP) is 4.44. The molecule has 0 unspecified atom stereocenters. The van der Waals surface area contributed by atoms with Gasteiger partial charge in [0.05, 0.1) is 18.3 Å². The van der Waals surface area contributed by atoms with Gasteiger partial charge in [-0.1, -0.05) is 11.6 Å². The first kappa shape index (κ1) is 22.1.